The van der Waals surface area contributed by atoms with E-state index in [4.69, 9.17) is 5.73 Å². The van der Waals surface area contributed by atoms with Crippen molar-refractivity contribution in [1.82, 2.24) is 4.90 Å². The van der Waals surface area contributed by atoms with E-state index in [0.717, 1.165) is 6.54 Å². The number of nitrogens with two attached hydrogens (primary N) is 1. The third kappa shape index (κ3) is 2.05. The van der Waals surface area contributed by atoms with Crippen molar-refractivity contribution in [2.75, 3.05) is 13.1 Å². The highest BCUT2D eigenvalue weighted by atomic mass is 15.2. The Bertz CT molecular complexity index is 144. The van der Waals surface area contributed by atoms with Gasteiger partial charge in [0, 0.05) is 24.7 Å². The summed E-state index contributed by atoms with van der Waals surface area (Å²) in [5.41, 5.74) is 6.38. The highest BCUT2D eigenvalue weighted by Gasteiger charge is 2.35. The average molecular weight is 184 g/mol. The predicted octanol–water partition coefficient (Wildman–Crippen LogP) is 1.99. The van der Waals surface area contributed by atoms with Gasteiger partial charge in [-0.1, -0.05) is 20.8 Å². The molecule has 1 saturated heterocycles. The van der Waals surface area contributed by atoms with Gasteiger partial charge in [0.15, 0.2) is 0 Å². The van der Waals surface area contributed by atoms with Crippen LogP contribution in [0.25, 0.3) is 0 Å². The number of likely N-dealkylation sites (tertiary alicyclic amines) is 1. The third-order valence-electron chi connectivity index (χ3n) is 3.87. The molecule has 2 heteroatoms. The summed E-state index contributed by atoms with van der Waals surface area (Å²) in [6.45, 7) is 9.22. The van der Waals surface area contributed by atoms with Crippen LogP contribution in [0.3, 0.4) is 0 Å². The van der Waals surface area contributed by atoms with Crippen LogP contribution in [-0.4, -0.2) is 29.6 Å². The number of hydrogen-bond donors (Lipinski definition) is 1. The molecule has 1 heterocycles. The molecule has 0 aromatic rings. The van der Waals surface area contributed by atoms with Crippen LogP contribution in [0.2, 0.25) is 0 Å². The van der Waals surface area contributed by atoms with E-state index < -0.39 is 0 Å². The van der Waals surface area contributed by atoms with Crippen LogP contribution >= 0.6 is 0 Å². The minimum atomic E-state index is 0.420. The monoisotopic (exact) mass is 184 g/mol. The minimum Gasteiger partial charge on any atom is -0.326 e. The van der Waals surface area contributed by atoms with E-state index in [1.807, 2.05) is 0 Å². The lowest BCUT2D eigenvalue weighted by Crippen LogP contribution is -2.47. The molecule has 13 heavy (non-hydrogen) atoms. The van der Waals surface area contributed by atoms with Crippen LogP contribution < -0.4 is 5.73 Å². The molecule has 0 saturated carbocycles. The van der Waals surface area contributed by atoms with Gasteiger partial charge >= 0.3 is 0 Å². The van der Waals surface area contributed by atoms with Crippen molar-refractivity contribution in [2.45, 2.75) is 58.0 Å². The van der Waals surface area contributed by atoms with Crippen molar-refractivity contribution in [3.8, 4) is 0 Å². The summed E-state index contributed by atoms with van der Waals surface area (Å²) in [6, 6.07) is 0.420. The van der Waals surface area contributed by atoms with Gasteiger partial charge in [-0.2, -0.15) is 0 Å². The Morgan fingerprint density at radius 1 is 1.23 bits per heavy atom. The molecule has 0 aromatic carbocycles. The predicted molar refractivity (Wildman–Crippen MR) is 57.8 cm³/mol. The topological polar surface area (TPSA) is 29.3 Å². The Labute approximate surface area is 82.5 Å². The highest BCUT2D eigenvalue weighted by Crippen LogP contribution is 2.30. The van der Waals surface area contributed by atoms with Gasteiger partial charge in [0.25, 0.3) is 0 Å². The van der Waals surface area contributed by atoms with Crippen molar-refractivity contribution in [2.24, 2.45) is 5.73 Å². The van der Waals surface area contributed by atoms with Gasteiger partial charge in [-0.25, -0.2) is 0 Å². The minimum absolute atomic E-state index is 0.420. The molecule has 1 aliphatic heterocycles. The molecule has 0 aromatic heterocycles. The van der Waals surface area contributed by atoms with Crippen LogP contribution in [-0.2, 0) is 0 Å². The standard InChI is InChI=1S/C11H24N2/c1-4-11(5-2,6-3)13-8-7-10(12)9-13/h10H,4-9,12H2,1-3H3. The SMILES string of the molecule is CCC(CC)(CC)N1CCC(N)C1. The Morgan fingerprint density at radius 2 is 1.77 bits per heavy atom. The maximum absolute atomic E-state index is 5.94. The van der Waals surface area contributed by atoms with E-state index in [1.54, 1.807) is 0 Å². The molecule has 1 fully saturated rings. The maximum Gasteiger partial charge on any atom is 0.0202 e. The van der Waals surface area contributed by atoms with Crippen LogP contribution in [0.15, 0.2) is 0 Å². The van der Waals surface area contributed by atoms with E-state index >= 15 is 0 Å². The summed E-state index contributed by atoms with van der Waals surface area (Å²) in [5.74, 6) is 0. The van der Waals surface area contributed by atoms with E-state index in [9.17, 15) is 0 Å². The molecule has 78 valence electrons. The molecular weight excluding hydrogens is 160 g/mol. The van der Waals surface area contributed by atoms with Crippen LogP contribution in [0.5, 0.6) is 0 Å². The zero-order valence-corrected chi connectivity index (χ0v) is 9.34. The lowest BCUT2D eigenvalue weighted by Gasteiger charge is -2.40. The van der Waals surface area contributed by atoms with Crippen molar-refractivity contribution in [3.63, 3.8) is 0 Å². The van der Waals surface area contributed by atoms with E-state index in [1.165, 1.54) is 32.2 Å². The van der Waals surface area contributed by atoms with E-state index in [2.05, 4.69) is 25.7 Å². The largest absolute Gasteiger partial charge is 0.326 e. The second-order valence-electron chi connectivity index (χ2n) is 4.28. The summed E-state index contributed by atoms with van der Waals surface area (Å²) in [4.78, 5) is 2.61. The Kier molecular flexibility index (Phi) is 3.74. The summed E-state index contributed by atoms with van der Waals surface area (Å²) < 4.78 is 0. The molecule has 0 spiro atoms. The van der Waals surface area contributed by atoms with E-state index in [-0.39, 0.29) is 0 Å². The van der Waals surface area contributed by atoms with Crippen LogP contribution in [0, 0.1) is 0 Å². The number of rotatable bonds is 4. The third-order valence-corrected chi connectivity index (χ3v) is 3.87. The quantitative estimate of drug-likeness (QED) is 0.724. The highest BCUT2D eigenvalue weighted by molar-refractivity contribution is 4.92. The lowest BCUT2D eigenvalue weighted by atomic mass is 9.88. The Hall–Kier alpha value is -0.0800. The van der Waals surface area contributed by atoms with Gasteiger partial charge in [-0.15, -0.1) is 0 Å². The van der Waals surface area contributed by atoms with Crippen molar-refractivity contribution < 1.29 is 0 Å². The zero-order chi connectivity index (χ0) is 9.90. The fraction of sp³-hybridized carbons (Fsp3) is 1.00. The molecular formula is C11H24N2. The smallest absolute Gasteiger partial charge is 0.0202 e. The summed E-state index contributed by atoms with van der Waals surface area (Å²) in [6.07, 6.45) is 4.95. The second kappa shape index (κ2) is 4.43. The first-order valence-electron chi connectivity index (χ1n) is 5.69. The van der Waals surface area contributed by atoms with Crippen molar-refractivity contribution in [1.29, 1.82) is 0 Å². The number of hydrogen-bond acceptors (Lipinski definition) is 2. The molecule has 1 rings (SSSR count). The molecule has 0 amide bonds. The van der Waals surface area contributed by atoms with Gasteiger partial charge in [0.1, 0.15) is 0 Å². The number of nitrogens with zero attached hydrogens (tertiary/aromatic N) is 1. The fourth-order valence-corrected chi connectivity index (χ4v) is 2.64. The van der Waals surface area contributed by atoms with Gasteiger partial charge in [0.05, 0.1) is 0 Å². The van der Waals surface area contributed by atoms with E-state index in [0.29, 0.717) is 11.6 Å². The normalized spacial score (nSPS) is 25.4. The van der Waals surface area contributed by atoms with Gasteiger partial charge < -0.3 is 5.73 Å². The van der Waals surface area contributed by atoms with Crippen LogP contribution in [0.4, 0.5) is 0 Å². The van der Waals surface area contributed by atoms with Gasteiger partial charge in [0.2, 0.25) is 0 Å². The Balaban J connectivity index is 2.64. The maximum atomic E-state index is 5.94. The molecule has 1 unspecified atom stereocenters. The summed E-state index contributed by atoms with van der Waals surface area (Å²) in [5, 5.41) is 0. The second-order valence-corrected chi connectivity index (χ2v) is 4.28. The Morgan fingerprint density at radius 3 is 2.08 bits per heavy atom. The first-order valence-corrected chi connectivity index (χ1v) is 5.69. The average Bonchev–Trinajstić information content (AvgIpc) is 2.57. The summed E-state index contributed by atoms with van der Waals surface area (Å²) >= 11 is 0. The van der Waals surface area contributed by atoms with Gasteiger partial charge in [-0.3, -0.25) is 4.90 Å². The van der Waals surface area contributed by atoms with Crippen LogP contribution in [0.1, 0.15) is 46.5 Å². The molecule has 2 N–H and O–H groups in total. The van der Waals surface area contributed by atoms with Gasteiger partial charge in [-0.05, 0) is 25.7 Å². The molecule has 1 aliphatic rings. The molecule has 2 nitrogen and oxygen atoms in total. The molecule has 0 radical (unpaired) electrons. The lowest BCUT2D eigenvalue weighted by molar-refractivity contribution is 0.0995. The first-order chi connectivity index (χ1) is 6.18. The zero-order valence-electron chi connectivity index (χ0n) is 9.34. The molecule has 0 bridgehead atoms. The summed E-state index contributed by atoms with van der Waals surface area (Å²) in [7, 11) is 0. The molecule has 1 atom stereocenters. The van der Waals surface area contributed by atoms with Crippen molar-refractivity contribution >= 4 is 0 Å². The molecule has 0 aliphatic carbocycles. The fourth-order valence-electron chi connectivity index (χ4n) is 2.64. The van der Waals surface area contributed by atoms with Crippen molar-refractivity contribution in [3.05, 3.63) is 0 Å². The first kappa shape index (κ1) is 11.0.